The first-order valence-corrected chi connectivity index (χ1v) is 4.58. The summed E-state index contributed by atoms with van der Waals surface area (Å²) in [5.74, 6) is -0.919. The molecule has 13 heavy (non-hydrogen) atoms. The summed E-state index contributed by atoms with van der Waals surface area (Å²) in [4.78, 5) is 21.8. The first-order valence-electron chi connectivity index (χ1n) is 3.83. The Hall–Kier alpha value is -0.610. The zero-order chi connectivity index (χ0) is 11.0. The van der Waals surface area contributed by atoms with Gasteiger partial charge in [-0.3, -0.25) is 4.79 Å². The number of esters is 1. The summed E-state index contributed by atoms with van der Waals surface area (Å²) in [6.45, 7) is 3.45. The van der Waals surface area contributed by atoms with Gasteiger partial charge in [-0.2, -0.15) is 0 Å². The second-order valence-corrected chi connectivity index (χ2v) is 2.63. The molecule has 3 N–H and O–H groups in total. The van der Waals surface area contributed by atoms with Gasteiger partial charge in [-0.15, -0.1) is 11.6 Å². The van der Waals surface area contributed by atoms with Gasteiger partial charge >= 0.3 is 5.97 Å². The molecule has 0 heterocycles. The number of Topliss-reactive ketones (excluding diaryl/α,β-unsaturated/α-hetero) is 1. The van der Waals surface area contributed by atoms with Crippen molar-refractivity contribution in [1.82, 2.24) is 0 Å². The Bertz CT molecular complexity index is 171. The van der Waals surface area contributed by atoms with Crippen molar-refractivity contribution < 1.29 is 20.1 Å². The Morgan fingerprint density at radius 3 is 1.92 bits per heavy atom. The van der Waals surface area contributed by atoms with Crippen molar-refractivity contribution in [3.8, 4) is 0 Å². The van der Waals surface area contributed by atoms with Crippen LogP contribution in [0.5, 0.6) is 0 Å². The maximum atomic E-state index is 11.1. The number of rotatable bonds is 3. The van der Waals surface area contributed by atoms with Gasteiger partial charge in [0.05, 0.1) is 7.11 Å². The Balaban J connectivity index is 0. The van der Waals surface area contributed by atoms with E-state index in [1.165, 1.54) is 13.5 Å². The Labute approximate surface area is 83.4 Å². The minimum atomic E-state index is -0.875. The molecule has 0 spiro atoms. The monoisotopic (exact) mass is 210 g/mol. The molecular weight excluding hydrogens is 194 g/mol. The number of halogens is 1. The number of carbonyl (C=O) groups is 2. The lowest BCUT2D eigenvalue weighted by molar-refractivity contribution is -0.393. The number of ether oxygens (including phenoxy) is 1. The molecule has 0 fully saturated rings. The fourth-order valence-corrected chi connectivity index (χ4v) is 0.661. The van der Waals surface area contributed by atoms with Crippen molar-refractivity contribution in [3.63, 3.8) is 0 Å². The SMILES string of the molecule is CCl.COC(=O)C([NH3+])C(=O)C(C)C. The van der Waals surface area contributed by atoms with Crippen molar-refractivity contribution in [1.29, 1.82) is 0 Å². The quantitative estimate of drug-likeness (QED) is 0.400. The molecule has 0 aliphatic heterocycles. The third-order valence-electron chi connectivity index (χ3n) is 1.40. The number of quaternary nitrogens is 1. The van der Waals surface area contributed by atoms with E-state index in [4.69, 9.17) is 0 Å². The maximum Gasteiger partial charge on any atom is 0.372 e. The first kappa shape index (κ1) is 14.9. The molecule has 4 nitrogen and oxygen atoms in total. The largest absolute Gasteiger partial charge is 0.464 e. The van der Waals surface area contributed by atoms with Gasteiger partial charge in [0.25, 0.3) is 0 Å². The number of alkyl halides is 1. The normalized spacial score (nSPS) is 11.3. The van der Waals surface area contributed by atoms with Crippen molar-refractivity contribution in [3.05, 3.63) is 0 Å². The summed E-state index contributed by atoms with van der Waals surface area (Å²) in [5, 5.41) is 0. The van der Waals surface area contributed by atoms with Crippen molar-refractivity contribution >= 4 is 23.4 Å². The summed E-state index contributed by atoms with van der Waals surface area (Å²) >= 11 is 4.64. The van der Waals surface area contributed by atoms with Crippen LogP contribution in [0.4, 0.5) is 0 Å². The molecule has 0 amide bonds. The zero-order valence-electron chi connectivity index (χ0n) is 8.46. The van der Waals surface area contributed by atoms with Crippen LogP contribution in [-0.4, -0.2) is 31.3 Å². The van der Waals surface area contributed by atoms with Crippen LogP contribution in [0.15, 0.2) is 0 Å². The van der Waals surface area contributed by atoms with Gasteiger partial charge in [-0.1, -0.05) is 13.8 Å². The summed E-state index contributed by atoms with van der Waals surface area (Å²) in [5.41, 5.74) is 3.41. The molecule has 78 valence electrons. The fraction of sp³-hybridized carbons (Fsp3) is 0.750. The van der Waals surface area contributed by atoms with E-state index in [9.17, 15) is 9.59 Å². The fourth-order valence-electron chi connectivity index (χ4n) is 0.661. The van der Waals surface area contributed by atoms with Crippen LogP contribution < -0.4 is 5.73 Å². The summed E-state index contributed by atoms with van der Waals surface area (Å²) in [7, 11) is 1.24. The van der Waals surface area contributed by atoms with E-state index in [0.717, 1.165) is 0 Å². The lowest BCUT2D eigenvalue weighted by Gasteiger charge is -2.06. The smallest absolute Gasteiger partial charge is 0.372 e. The highest BCUT2D eigenvalue weighted by molar-refractivity contribution is 6.15. The molecule has 0 aliphatic carbocycles. The van der Waals surface area contributed by atoms with Crippen molar-refractivity contribution in [2.24, 2.45) is 5.92 Å². The second kappa shape index (κ2) is 8.01. The van der Waals surface area contributed by atoms with Crippen molar-refractivity contribution in [2.75, 3.05) is 13.5 Å². The summed E-state index contributed by atoms with van der Waals surface area (Å²) in [6, 6.07) is -0.875. The van der Waals surface area contributed by atoms with Gasteiger partial charge in [-0.25, -0.2) is 4.79 Å². The molecule has 0 rings (SSSR count). The third kappa shape index (κ3) is 5.60. The summed E-state index contributed by atoms with van der Waals surface area (Å²) < 4.78 is 4.36. The molecule has 1 unspecified atom stereocenters. The number of ketones is 1. The van der Waals surface area contributed by atoms with Crippen LogP contribution in [0.1, 0.15) is 13.8 Å². The number of carbonyl (C=O) groups excluding carboxylic acids is 2. The molecule has 1 atom stereocenters. The van der Waals surface area contributed by atoms with Crippen LogP contribution in [0.2, 0.25) is 0 Å². The molecule has 0 aromatic heterocycles. The number of hydrogen-bond acceptors (Lipinski definition) is 3. The lowest BCUT2D eigenvalue weighted by Crippen LogP contribution is -2.69. The lowest BCUT2D eigenvalue weighted by atomic mass is 10.0. The van der Waals surface area contributed by atoms with Crippen LogP contribution >= 0.6 is 11.6 Å². The van der Waals surface area contributed by atoms with E-state index < -0.39 is 12.0 Å². The topological polar surface area (TPSA) is 71.0 Å². The molecule has 0 aliphatic rings. The Morgan fingerprint density at radius 1 is 1.31 bits per heavy atom. The van der Waals surface area contributed by atoms with E-state index in [-0.39, 0.29) is 11.7 Å². The van der Waals surface area contributed by atoms with Crippen molar-refractivity contribution in [2.45, 2.75) is 19.9 Å². The third-order valence-corrected chi connectivity index (χ3v) is 1.40. The highest BCUT2D eigenvalue weighted by atomic mass is 35.5. The van der Waals surface area contributed by atoms with Crippen LogP contribution in [0, 0.1) is 5.92 Å². The van der Waals surface area contributed by atoms with Gasteiger partial charge in [0.1, 0.15) is 0 Å². The van der Waals surface area contributed by atoms with E-state index in [1.54, 1.807) is 13.8 Å². The minimum Gasteiger partial charge on any atom is -0.464 e. The van der Waals surface area contributed by atoms with Crippen LogP contribution in [-0.2, 0) is 14.3 Å². The predicted octanol–water partition coefficient (Wildman–Crippen LogP) is -0.150. The van der Waals surface area contributed by atoms with E-state index >= 15 is 0 Å². The standard InChI is InChI=1S/C7H13NO3.CH3Cl/c1-4(2)6(9)5(8)7(10)11-3;1-2/h4-5H,8H2,1-3H3;1H3/p+1. The predicted molar refractivity (Wildman–Crippen MR) is 50.3 cm³/mol. The van der Waals surface area contributed by atoms with Gasteiger partial charge < -0.3 is 10.5 Å². The van der Waals surface area contributed by atoms with Gasteiger partial charge in [0.15, 0.2) is 0 Å². The van der Waals surface area contributed by atoms with Crippen LogP contribution in [0.25, 0.3) is 0 Å². The van der Waals surface area contributed by atoms with E-state index in [0.29, 0.717) is 0 Å². The summed E-state index contributed by atoms with van der Waals surface area (Å²) in [6.07, 6.45) is 1.47. The highest BCUT2D eigenvalue weighted by Gasteiger charge is 2.28. The second-order valence-electron chi connectivity index (χ2n) is 2.63. The molecule has 0 bridgehead atoms. The van der Waals surface area contributed by atoms with E-state index in [2.05, 4.69) is 22.1 Å². The minimum absolute atomic E-state index is 0.170. The van der Waals surface area contributed by atoms with Crippen LogP contribution in [0.3, 0.4) is 0 Å². The average Bonchev–Trinajstić information content (AvgIpc) is 2.17. The average molecular weight is 211 g/mol. The molecule has 0 aromatic rings. The van der Waals surface area contributed by atoms with E-state index in [1.807, 2.05) is 0 Å². The zero-order valence-corrected chi connectivity index (χ0v) is 9.22. The molecule has 5 heteroatoms. The number of hydrogen-bond donors (Lipinski definition) is 1. The van der Waals surface area contributed by atoms with Gasteiger partial charge in [-0.05, 0) is 0 Å². The highest BCUT2D eigenvalue weighted by Crippen LogP contribution is 1.97. The number of methoxy groups -OCH3 is 1. The van der Waals surface area contributed by atoms with Gasteiger partial charge in [0, 0.05) is 12.3 Å². The molecule has 0 radical (unpaired) electrons. The molecule has 0 saturated carbocycles. The Kier molecular flexibility index (Phi) is 9.17. The first-order chi connectivity index (χ1) is 6.00. The molecular formula is C8H17ClNO3+. The van der Waals surface area contributed by atoms with Gasteiger partial charge in [0.2, 0.25) is 11.8 Å². The molecule has 0 saturated heterocycles. The Morgan fingerprint density at radius 2 is 1.69 bits per heavy atom. The maximum absolute atomic E-state index is 11.1. The molecule has 0 aromatic carbocycles.